The average Bonchev–Trinajstić information content (AvgIpc) is 3.52. The number of benzene rings is 1. The number of rotatable bonds is 9. The summed E-state index contributed by atoms with van der Waals surface area (Å²) in [5.74, 6) is 0.753. The number of hydrogen-bond donors (Lipinski definition) is 2. The van der Waals surface area contributed by atoms with Crippen LogP contribution in [0.25, 0.3) is 5.65 Å². The minimum atomic E-state index is -0.297. The number of nitriles is 2. The molecule has 1 amide bonds. The molecule has 3 aromatic rings. The van der Waals surface area contributed by atoms with E-state index in [1.165, 1.54) is 10.7 Å². The maximum absolute atomic E-state index is 12.3. The second-order valence-corrected chi connectivity index (χ2v) is 11.2. The molecule has 0 bridgehead atoms. The van der Waals surface area contributed by atoms with Gasteiger partial charge in [-0.1, -0.05) is 11.6 Å². The molecule has 0 radical (unpaired) electrons. The van der Waals surface area contributed by atoms with E-state index in [2.05, 4.69) is 47.6 Å². The Balaban J connectivity index is 1.16. The summed E-state index contributed by atoms with van der Waals surface area (Å²) in [4.78, 5) is 27.6. The number of ether oxygens (including phenoxy) is 2. The standard InChI is InChI=1S/C28H32ClN11O3/c1-42-10-11-43-28(41)39-5-4-20(17-39)37-6-8-38(9-7-37)23-13-18(14-30)12-22(24(23)29)34-27-35-25(33-19-2-3-19)26-32-16-21(15-31)40(26)36-27/h12-13,16,19-20H,2-11,17H2,1H3,(H2,33,34,35,36). The molecule has 43 heavy (non-hydrogen) atoms. The maximum Gasteiger partial charge on any atom is 0.409 e. The van der Waals surface area contributed by atoms with Crippen LogP contribution in [0.2, 0.25) is 5.02 Å². The summed E-state index contributed by atoms with van der Waals surface area (Å²) in [5.41, 5.74) is 2.43. The largest absolute Gasteiger partial charge is 0.447 e. The lowest BCUT2D eigenvalue weighted by Crippen LogP contribution is -2.51. The fraction of sp³-hybridized carbons (Fsp3) is 0.500. The summed E-state index contributed by atoms with van der Waals surface area (Å²) in [5, 5.41) is 30.8. The number of hydrogen-bond acceptors (Lipinski definition) is 12. The molecule has 2 aliphatic heterocycles. The first-order valence-corrected chi connectivity index (χ1v) is 14.7. The monoisotopic (exact) mass is 605 g/mol. The highest BCUT2D eigenvalue weighted by Crippen LogP contribution is 2.37. The highest BCUT2D eigenvalue weighted by molar-refractivity contribution is 6.36. The fourth-order valence-corrected chi connectivity index (χ4v) is 5.76. The number of piperazine rings is 1. The first kappa shape index (κ1) is 28.7. The second kappa shape index (κ2) is 12.5. The Morgan fingerprint density at radius 3 is 2.65 bits per heavy atom. The molecular weight excluding hydrogens is 574 g/mol. The summed E-state index contributed by atoms with van der Waals surface area (Å²) < 4.78 is 11.7. The maximum atomic E-state index is 12.3. The third-order valence-corrected chi connectivity index (χ3v) is 8.33. The lowest BCUT2D eigenvalue weighted by Gasteiger charge is -2.39. The summed E-state index contributed by atoms with van der Waals surface area (Å²) >= 11 is 6.94. The number of methoxy groups -OCH3 is 1. The number of halogens is 1. The Kier molecular flexibility index (Phi) is 8.33. The van der Waals surface area contributed by atoms with Crippen molar-refractivity contribution in [2.45, 2.75) is 31.3 Å². The molecule has 6 rings (SSSR count). The average molecular weight is 606 g/mol. The van der Waals surface area contributed by atoms with Crippen molar-refractivity contribution in [1.82, 2.24) is 29.4 Å². The van der Waals surface area contributed by atoms with Crippen LogP contribution in [0.5, 0.6) is 0 Å². The van der Waals surface area contributed by atoms with Crippen molar-refractivity contribution in [3.63, 3.8) is 0 Å². The highest BCUT2D eigenvalue weighted by Gasteiger charge is 2.33. The van der Waals surface area contributed by atoms with Crippen molar-refractivity contribution < 1.29 is 14.3 Å². The Bertz CT molecular complexity index is 1590. The van der Waals surface area contributed by atoms with Crippen LogP contribution in [0.3, 0.4) is 0 Å². The Labute approximate surface area is 253 Å². The number of carbonyl (C=O) groups excluding carboxylic acids is 1. The second-order valence-electron chi connectivity index (χ2n) is 10.8. The number of nitrogens with one attached hydrogen (secondary N) is 2. The number of imidazole rings is 1. The third-order valence-electron chi connectivity index (χ3n) is 7.93. The topological polar surface area (TPSA) is 160 Å². The number of likely N-dealkylation sites (tertiary alicyclic amines) is 1. The molecule has 2 aromatic heterocycles. The molecule has 3 aliphatic rings. The van der Waals surface area contributed by atoms with Gasteiger partial charge in [0.05, 0.1) is 40.8 Å². The molecule has 0 spiro atoms. The summed E-state index contributed by atoms with van der Waals surface area (Å²) in [6.07, 6.45) is 4.14. The van der Waals surface area contributed by atoms with Crippen LogP contribution in [0.15, 0.2) is 18.3 Å². The van der Waals surface area contributed by atoms with Crippen LogP contribution in [0.1, 0.15) is 30.5 Å². The van der Waals surface area contributed by atoms with Crippen LogP contribution in [-0.2, 0) is 9.47 Å². The minimum absolute atomic E-state index is 0.226. The Morgan fingerprint density at radius 1 is 1.12 bits per heavy atom. The Morgan fingerprint density at radius 2 is 1.93 bits per heavy atom. The number of fused-ring (bicyclic) bond motifs is 1. The molecule has 1 aliphatic carbocycles. The van der Waals surface area contributed by atoms with Gasteiger partial charge in [-0.3, -0.25) is 4.90 Å². The van der Waals surface area contributed by atoms with Crippen molar-refractivity contribution in [2.24, 2.45) is 0 Å². The van der Waals surface area contributed by atoms with Gasteiger partial charge in [-0.25, -0.2) is 9.78 Å². The first-order chi connectivity index (χ1) is 21.0. The van der Waals surface area contributed by atoms with Crippen LogP contribution in [0.4, 0.5) is 27.9 Å². The zero-order valence-electron chi connectivity index (χ0n) is 23.8. The molecule has 1 aromatic carbocycles. The summed E-state index contributed by atoms with van der Waals surface area (Å²) in [7, 11) is 1.58. The van der Waals surface area contributed by atoms with Crippen molar-refractivity contribution >= 4 is 46.5 Å². The van der Waals surface area contributed by atoms with E-state index in [1.807, 2.05) is 0 Å². The predicted molar refractivity (Wildman–Crippen MR) is 159 cm³/mol. The number of nitrogens with zero attached hydrogens (tertiary/aromatic N) is 9. The molecular formula is C28H32ClN11O3. The van der Waals surface area contributed by atoms with Crippen molar-refractivity contribution in [3.8, 4) is 12.1 Å². The van der Waals surface area contributed by atoms with Crippen molar-refractivity contribution in [3.05, 3.63) is 34.6 Å². The molecule has 1 saturated carbocycles. The van der Waals surface area contributed by atoms with Gasteiger partial charge in [-0.05, 0) is 31.4 Å². The molecule has 15 heteroatoms. The van der Waals surface area contributed by atoms with Gasteiger partial charge < -0.3 is 29.9 Å². The van der Waals surface area contributed by atoms with E-state index >= 15 is 0 Å². The van der Waals surface area contributed by atoms with E-state index < -0.39 is 0 Å². The van der Waals surface area contributed by atoms with Crippen LogP contribution >= 0.6 is 11.6 Å². The number of carbonyl (C=O) groups is 1. The number of aromatic nitrogens is 4. The molecule has 3 fully saturated rings. The normalized spacial score (nSPS) is 18.8. The zero-order valence-corrected chi connectivity index (χ0v) is 24.5. The van der Waals surface area contributed by atoms with E-state index in [1.54, 1.807) is 24.1 Å². The smallest absolute Gasteiger partial charge is 0.409 e. The van der Waals surface area contributed by atoms with E-state index in [-0.39, 0.29) is 30.4 Å². The molecule has 2 N–H and O–H groups in total. The van der Waals surface area contributed by atoms with Gasteiger partial charge in [-0.2, -0.15) is 20.0 Å². The van der Waals surface area contributed by atoms with Gasteiger partial charge in [0.15, 0.2) is 17.2 Å². The third kappa shape index (κ3) is 6.22. The summed E-state index contributed by atoms with van der Waals surface area (Å²) in [6.45, 7) is 4.94. The molecule has 4 heterocycles. The Hall–Kier alpha value is -4.37. The molecule has 224 valence electrons. The predicted octanol–water partition coefficient (Wildman–Crippen LogP) is 2.82. The van der Waals surface area contributed by atoms with E-state index in [0.29, 0.717) is 66.6 Å². The quantitative estimate of drug-likeness (QED) is 0.344. The summed E-state index contributed by atoms with van der Waals surface area (Å²) in [6, 6.07) is 8.38. The van der Waals surface area contributed by atoms with Gasteiger partial charge in [-0.15, -0.1) is 5.10 Å². The lowest BCUT2D eigenvalue weighted by atomic mass is 10.1. The van der Waals surface area contributed by atoms with Crippen molar-refractivity contribution in [1.29, 1.82) is 10.5 Å². The van der Waals surface area contributed by atoms with Gasteiger partial charge >= 0.3 is 6.09 Å². The van der Waals surface area contributed by atoms with E-state index in [9.17, 15) is 15.3 Å². The first-order valence-electron chi connectivity index (χ1n) is 14.3. The minimum Gasteiger partial charge on any atom is -0.447 e. The lowest BCUT2D eigenvalue weighted by molar-refractivity contribution is 0.0745. The fourth-order valence-electron chi connectivity index (χ4n) is 5.48. The van der Waals surface area contributed by atoms with Gasteiger partial charge in [0, 0.05) is 58.5 Å². The number of anilines is 4. The molecule has 1 atom stereocenters. The van der Waals surface area contributed by atoms with Gasteiger partial charge in [0.25, 0.3) is 0 Å². The van der Waals surface area contributed by atoms with Crippen LogP contribution < -0.4 is 15.5 Å². The molecule has 14 nitrogen and oxygen atoms in total. The van der Waals surface area contributed by atoms with Crippen molar-refractivity contribution in [2.75, 3.05) is 75.1 Å². The highest BCUT2D eigenvalue weighted by atomic mass is 35.5. The number of amides is 1. The van der Waals surface area contributed by atoms with Gasteiger partial charge in [0.1, 0.15) is 12.7 Å². The van der Waals surface area contributed by atoms with E-state index in [4.69, 9.17) is 21.1 Å². The van der Waals surface area contributed by atoms with Crippen LogP contribution in [0, 0.1) is 22.7 Å². The zero-order chi connectivity index (χ0) is 29.9. The molecule has 2 saturated heterocycles. The van der Waals surface area contributed by atoms with E-state index in [0.717, 1.165) is 38.0 Å². The SMILES string of the molecule is COCCOC(=O)N1CCC(N2CCN(c3cc(C#N)cc(Nc4nc(NC5CC5)c5ncc(C#N)n5n4)c3Cl)CC2)C1. The molecule has 1 unspecified atom stereocenters. The van der Waals surface area contributed by atoms with Crippen LogP contribution in [-0.4, -0.2) is 107 Å². The van der Waals surface area contributed by atoms with Gasteiger partial charge in [0.2, 0.25) is 5.95 Å².